The van der Waals surface area contributed by atoms with Crippen LogP contribution in [0, 0.1) is 5.41 Å². The number of ether oxygens (including phenoxy) is 1. The zero-order valence-electron chi connectivity index (χ0n) is 13.8. The highest BCUT2D eigenvalue weighted by atomic mass is 16.5. The van der Waals surface area contributed by atoms with Crippen LogP contribution in [0.3, 0.4) is 0 Å². The average Bonchev–Trinajstić information content (AvgIpc) is 2.51. The van der Waals surface area contributed by atoms with Gasteiger partial charge in [0.1, 0.15) is 0 Å². The van der Waals surface area contributed by atoms with E-state index in [2.05, 4.69) is 10.3 Å². The van der Waals surface area contributed by atoms with Crippen molar-refractivity contribution in [1.29, 1.82) is 0 Å². The van der Waals surface area contributed by atoms with Crippen molar-refractivity contribution < 1.29 is 9.53 Å². The maximum Gasteiger partial charge on any atom is 0.252 e. The Labute approximate surface area is 140 Å². The summed E-state index contributed by atoms with van der Waals surface area (Å²) < 4.78 is 5.84. The zero-order chi connectivity index (χ0) is 16.7. The summed E-state index contributed by atoms with van der Waals surface area (Å²) in [7, 11) is 0. The van der Waals surface area contributed by atoms with Crippen LogP contribution in [0.25, 0.3) is 10.9 Å². The van der Waals surface area contributed by atoms with E-state index in [9.17, 15) is 9.59 Å². The van der Waals surface area contributed by atoms with Gasteiger partial charge in [0.2, 0.25) is 5.56 Å². The number of carbonyl (C=O) groups excluding carboxylic acids is 1. The van der Waals surface area contributed by atoms with Gasteiger partial charge in [-0.2, -0.15) is 0 Å². The summed E-state index contributed by atoms with van der Waals surface area (Å²) in [5.41, 5.74) is 0.999. The monoisotopic (exact) mass is 326 g/mol. The van der Waals surface area contributed by atoms with Gasteiger partial charge in [0.05, 0.1) is 11.7 Å². The Morgan fingerprint density at radius 1 is 1.38 bits per heavy atom. The van der Waals surface area contributed by atoms with Crippen LogP contribution in [0.5, 0.6) is 0 Å². The van der Waals surface area contributed by atoms with E-state index >= 15 is 0 Å². The first-order valence-electron chi connectivity index (χ1n) is 8.68. The number of benzene rings is 1. The molecule has 1 aromatic heterocycles. The number of carbonyl (C=O) groups is 1. The topological polar surface area (TPSA) is 71.2 Å². The third-order valence-corrected chi connectivity index (χ3v) is 5.74. The molecule has 0 aliphatic heterocycles. The Hall–Kier alpha value is -2.14. The van der Waals surface area contributed by atoms with Gasteiger partial charge < -0.3 is 15.0 Å². The van der Waals surface area contributed by atoms with Crippen molar-refractivity contribution in [2.24, 2.45) is 5.41 Å². The van der Waals surface area contributed by atoms with Crippen molar-refractivity contribution in [3.63, 3.8) is 0 Å². The Kier molecular flexibility index (Phi) is 3.68. The van der Waals surface area contributed by atoms with Crippen LogP contribution in [-0.2, 0) is 4.74 Å². The summed E-state index contributed by atoms with van der Waals surface area (Å²) in [5.74, 6) is -0.163. The molecule has 0 radical (unpaired) electrons. The van der Waals surface area contributed by atoms with Crippen LogP contribution in [-0.4, -0.2) is 29.6 Å². The average molecular weight is 326 g/mol. The number of fused-ring (bicyclic) bond motifs is 1. The van der Waals surface area contributed by atoms with Gasteiger partial charge in [-0.3, -0.25) is 9.59 Å². The van der Waals surface area contributed by atoms with Gasteiger partial charge in [-0.15, -0.1) is 0 Å². The van der Waals surface area contributed by atoms with Gasteiger partial charge in [-0.25, -0.2) is 0 Å². The SMILES string of the molecule is CCO[C@H]1C[C@H](NC(=O)c2cc(=O)[nH]c3ccccc23)C12CCC2. The minimum absolute atomic E-state index is 0.114. The summed E-state index contributed by atoms with van der Waals surface area (Å²) in [6.45, 7) is 2.73. The smallest absolute Gasteiger partial charge is 0.252 e. The molecule has 5 nitrogen and oxygen atoms in total. The molecule has 2 aromatic rings. The van der Waals surface area contributed by atoms with Crippen molar-refractivity contribution in [1.82, 2.24) is 10.3 Å². The summed E-state index contributed by atoms with van der Waals surface area (Å²) in [4.78, 5) is 27.4. The van der Waals surface area contributed by atoms with Gasteiger partial charge >= 0.3 is 0 Å². The minimum atomic E-state index is -0.252. The fourth-order valence-corrected chi connectivity index (χ4v) is 4.27. The van der Waals surface area contributed by atoms with E-state index in [1.807, 2.05) is 31.2 Å². The molecule has 2 fully saturated rings. The summed E-state index contributed by atoms with van der Waals surface area (Å²) >= 11 is 0. The van der Waals surface area contributed by atoms with E-state index in [-0.39, 0.29) is 29.0 Å². The van der Waals surface area contributed by atoms with Gasteiger partial charge in [-0.05, 0) is 32.3 Å². The highest BCUT2D eigenvalue weighted by Gasteiger charge is 2.59. The lowest BCUT2D eigenvalue weighted by Gasteiger charge is -2.61. The van der Waals surface area contributed by atoms with E-state index in [1.54, 1.807) is 0 Å². The molecular weight excluding hydrogens is 304 g/mol. The van der Waals surface area contributed by atoms with Crippen molar-refractivity contribution in [2.75, 3.05) is 6.61 Å². The highest BCUT2D eigenvalue weighted by Crippen LogP contribution is 2.57. The molecular formula is C19H22N2O3. The molecule has 24 heavy (non-hydrogen) atoms. The number of hydrogen-bond donors (Lipinski definition) is 2. The number of rotatable bonds is 4. The van der Waals surface area contributed by atoms with Crippen LogP contribution >= 0.6 is 0 Å². The largest absolute Gasteiger partial charge is 0.378 e. The Morgan fingerprint density at radius 3 is 2.88 bits per heavy atom. The zero-order valence-corrected chi connectivity index (χ0v) is 13.8. The number of H-pyrrole nitrogens is 1. The number of para-hydroxylation sites is 1. The lowest BCUT2D eigenvalue weighted by molar-refractivity contribution is -0.169. The lowest BCUT2D eigenvalue weighted by Crippen LogP contribution is -2.67. The molecule has 1 spiro atoms. The molecule has 1 heterocycles. The second-order valence-electron chi connectivity index (χ2n) is 6.89. The van der Waals surface area contributed by atoms with Crippen molar-refractivity contribution in [2.45, 2.75) is 44.8 Å². The summed E-state index contributed by atoms with van der Waals surface area (Å²) in [6, 6.07) is 8.94. The van der Waals surface area contributed by atoms with Gasteiger partial charge in [0, 0.05) is 35.0 Å². The Morgan fingerprint density at radius 2 is 2.17 bits per heavy atom. The second kappa shape index (κ2) is 5.74. The van der Waals surface area contributed by atoms with Crippen molar-refractivity contribution >= 4 is 16.8 Å². The molecule has 0 bridgehead atoms. The molecule has 5 heteroatoms. The van der Waals surface area contributed by atoms with Crippen LogP contribution in [0.2, 0.25) is 0 Å². The maximum atomic E-state index is 12.8. The van der Waals surface area contributed by atoms with Gasteiger partial charge in [0.25, 0.3) is 5.91 Å². The number of nitrogens with one attached hydrogen (secondary N) is 2. The summed E-state index contributed by atoms with van der Waals surface area (Å²) in [6.07, 6.45) is 4.54. The predicted octanol–water partition coefficient (Wildman–Crippen LogP) is 2.61. The molecule has 126 valence electrons. The maximum absolute atomic E-state index is 12.8. The first-order valence-corrected chi connectivity index (χ1v) is 8.68. The van der Waals surface area contributed by atoms with E-state index in [0.717, 1.165) is 24.6 Å². The second-order valence-corrected chi connectivity index (χ2v) is 6.89. The lowest BCUT2D eigenvalue weighted by atomic mass is 9.51. The van der Waals surface area contributed by atoms with E-state index in [0.29, 0.717) is 17.7 Å². The van der Waals surface area contributed by atoms with Crippen LogP contribution in [0.1, 0.15) is 43.0 Å². The molecule has 4 rings (SSSR count). The normalized spacial score (nSPS) is 24.4. The third kappa shape index (κ3) is 2.26. The molecule has 0 unspecified atom stereocenters. The van der Waals surface area contributed by atoms with Crippen LogP contribution < -0.4 is 10.9 Å². The molecule has 1 amide bonds. The third-order valence-electron chi connectivity index (χ3n) is 5.74. The summed E-state index contributed by atoms with van der Waals surface area (Å²) in [5, 5.41) is 3.94. The molecule has 1 aromatic carbocycles. The highest BCUT2D eigenvalue weighted by molar-refractivity contribution is 6.06. The minimum Gasteiger partial charge on any atom is -0.378 e. The molecule has 2 aliphatic carbocycles. The quantitative estimate of drug-likeness (QED) is 0.907. The molecule has 0 saturated heterocycles. The number of amides is 1. The fourth-order valence-electron chi connectivity index (χ4n) is 4.27. The molecule has 2 N–H and O–H groups in total. The van der Waals surface area contributed by atoms with Crippen LogP contribution in [0.15, 0.2) is 35.1 Å². The number of pyridine rings is 1. The van der Waals surface area contributed by atoms with Crippen molar-refractivity contribution in [3.05, 3.63) is 46.2 Å². The molecule has 2 atom stereocenters. The first kappa shape index (κ1) is 15.4. The van der Waals surface area contributed by atoms with Crippen molar-refractivity contribution in [3.8, 4) is 0 Å². The molecule has 2 aliphatic rings. The van der Waals surface area contributed by atoms with Gasteiger partial charge in [-0.1, -0.05) is 24.6 Å². The Balaban J connectivity index is 1.59. The predicted molar refractivity (Wildman–Crippen MR) is 92.1 cm³/mol. The van der Waals surface area contributed by atoms with E-state index in [1.165, 1.54) is 12.5 Å². The number of hydrogen-bond acceptors (Lipinski definition) is 3. The molecule has 2 saturated carbocycles. The first-order chi connectivity index (χ1) is 11.6. The standard InChI is InChI=1S/C19H22N2O3/c1-2-24-16-11-15(19(16)8-5-9-19)21-18(23)13-10-17(22)20-14-7-4-3-6-12(13)14/h3-4,6-7,10,15-16H,2,5,8-9,11H2,1H3,(H,20,22)(H,21,23)/t15-,16-/m0/s1. The number of aromatic amines is 1. The Bertz CT molecular complexity index is 838. The fraction of sp³-hybridized carbons (Fsp3) is 0.474. The number of aromatic nitrogens is 1. The van der Waals surface area contributed by atoms with E-state index < -0.39 is 0 Å². The van der Waals surface area contributed by atoms with Gasteiger partial charge in [0.15, 0.2) is 0 Å². The van der Waals surface area contributed by atoms with E-state index in [4.69, 9.17) is 4.74 Å². The van der Waals surface area contributed by atoms with Crippen LogP contribution in [0.4, 0.5) is 0 Å².